The Morgan fingerprint density at radius 2 is 1.84 bits per heavy atom. The van der Waals surface area contributed by atoms with Crippen molar-refractivity contribution in [3.05, 3.63) is 77.0 Å². The molecule has 0 aliphatic heterocycles. The van der Waals surface area contributed by atoms with Crippen molar-refractivity contribution in [2.75, 3.05) is 5.32 Å². The van der Waals surface area contributed by atoms with Gasteiger partial charge in [0.25, 0.3) is 0 Å². The summed E-state index contributed by atoms with van der Waals surface area (Å²) in [6.07, 6.45) is 1.58. The van der Waals surface area contributed by atoms with Crippen molar-refractivity contribution in [2.45, 2.75) is 6.92 Å². The molecule has 0 saturated carbocycles. The summed E-state index contributed by atoms with van der Waals surface area (Å²) >= 11 is 5.90. The van der Waals surface area contributed by atoms with Crippen LogP contribution in [-0.2, 0) is 0 Å². The highest BCUT2D eigenvalue weighted by atomic mass is 35.5. The van der Waals surface area contributed by atoms with Crippen LogP contribution < -0.4 is 5.32 Å². The standard InChI is InChI=1S/C16H14ClNO/c1-12(18-15-9-5-8-14(17)11-15)10-16(19)13-6-3-2-4-7-13/h2-11,18H,1H3/b12-10-. The Hall–Kier alpha value is -2.06. The van der Waals surface area contributed by atoms with E-state index in [1.165, 1.54) is 0 Å². The van der Waals surface area contributed by atoms with Gasteiger partial charge in [0.2, 0.25) is 0 Å². The number of nitrogens with one attached hydrogen (secondary N) is 1. The molecule has 0 unspecified atom stereocenters. The molecule has 0 radical (unpaired) electrons. The number of benzene rings is 2. The second-order valence-electron chi connectivity index (χ2n) is 4.19. The molecular weight excluding hydrogens is 258 g/mol. The molecule has 1 N–H and O–H groups in total. The number of allylic oxidation sites excluding steroid dienone is 2. The predicted octanol–water partition coefficient (Wildman–Crippen LogP) is 4.54. The van der Waals surface area contributed by atoms with Crippen molar-refractivity contribution in [2.24, 2.45) is 0 Å². The largest absolute Gasteiger partial charge is 0.359 e. The van der Waals surface area contributed by atoms with Crippen LogP contribution in [0.15, 0.2) is 66.4 Å². The van der Waals surface area contributed by atoms with Crippen LogP contribution in [0.3, 0.4) is 0 Å². The summed E-state index contributed by atoms with van der Waals surface area (Å²) in [5.41, 5.74) is 2.31. The zero-order valence-electron chi connectivity index (χ0n) is 10.6. The van der Waals surface area contributed by atoms with E-state index in [0.717, 1.165) is 11.4 Å². The highest BCUT2D eigenvalue weighted by Crippen LogP contribution is 2.16. The van der Waals surface area contributed by atoms with Crippen molar-refractivity contribution in [3.63, 3.8) is 0 Å². The minimum Gasteiger partial charge on any atom is -0.359 e. The fourth-order valence-corrected chi connectivity index (χ4v) is 1.90. The van der Waals surface area contributed by atoms with Crippen LogP contribution in [0.2, 0.25) is 5.02 Å². The van der Waals surface area contributed by atoms with E-state index < -0.39 is 0 Å². The van der Waals surface area contributed by atoms with E-state index in [-0.39, 0.29) is 5.78 Å². The van der Waals surface area contributed by atoms with E-state index in [9.17, 15) is 4.79 Å². The van der Waals surface area contributed by atoms with Crippen LogP contribution in [0.1, 0.15) is 17.3 Å². The van der Waals surface area contributed by atoms with Crippen LogP contribution in [-0.4, -0.2) is 5.78 Å². The molecule has 0 atom stereocenters. The summed E-state index contributed by atoms with van der Waals surface area (Å²) in [5, 5.41) is 3.80. The average molecular weight is 272 g/mol. The Morgan fingerprint density at radius 3 is 2.53 bits per heavy atom. The average Bonchev–Trinajstić information content (AvgIpc) is 2.39. The number of carbonyl (C=O) groups is 1. The summed E-state index contributed by atoms with van der Waals surface area (Å²) in [6, 6.07) is 16.6. The van der Waals surface area contributed by atoms with Crippen molar-refractivity contribution >= 4 is 23.1 Å². The van der Waals surface area contributed by atoms with Crippen LogP contribution in [0.4, 0.5) is 5.69 Å². The summed E-state index contributed by atoms with van der Waals surface area (Å²) in [5.74, 6) is -0.0207. The highest BCUT2D eigenvalue weighted by Gasteiger charge is 2.02. The van der Waals surface area contributed by atoms with Gasteiger partial charge >= 0.3 is 0 Å². The number of halogens is 1. The van der Waals surface area contributed by atoms with Gasteiger partial charge in [0.15, 0.2) is 5.78 Å². The molecular formula is C16H14ClNO. The quantitative estimate of drug-likeness (QED) is 0.653. The molecule has 2 rings (SSSR count). The molecule has 0 saturated heterocycles. The fourth-order valence-electron chi connectivity index (χ4n) is 1.71. The van der Waals surface area contributed by atoms with Gasteiger partial charge in [0.1, 0.15) is 0 Å². The second-order valence-corrected chi connectivity index (χ2v) is 4.63. The molecule has 0 bridgehead atoms. The zero-order valence-corrected chi connectivity index (χ0v) is 11.3. The molecule has 0 aromatic heterocycles. The fraction of sp³-hybridized carbons (Fsp3) is 0.0625. The van der Waals surface area contributed by atoms with E-state index in [1.54, 1.807) is 24.3 Å². The summed E-state index contributed by atoms with van der Waals surface area (Å²) < 4.78 is 0. The van der Waals surface area contributed by atoms with Gasteiger partial charge in [0.05, 0.1) is 0 Å². The van der Waals surface area contributed by atoms with Crippen LogP contribution in [0.5, 0.6) is 0 Å². The first-order chi connectivity index (χ1) is 9.15. The van der Waals surface area contributed by atoms with Crippen molar-refractivity contribution in [3.8, 4) is 0 Å². The molecule has 96 valence electrons. The van der Waals surface area contributed by atoms with Gasteiger partial charge in [-0.3, -0.25) is 4.79 Å². The summed E-state index contributed by atoms with van der Waals surface area (Å²) in [6.45, 7) is 1.85. The minimum atomic E-state index is -0.0207. The summed E-state index contributed by atoms with van der Waals surface area (Å²) in [7, 11) is 0. The van der Waals surface area contributed by atoms with Gasteiger partial charge in [-0.15, -0.1) is 0 Å². The van der Waals surface area contributed by atoms with Crippen LogP contribution >= 0.6 is 11.6 Å². The third-order valence-corrected chi connectivity index (χ3v) is 2.81. The molecule has 0 aliphatic carbocycles. The monoisotopic (exact) mass is 271 g/mol. The number of hydrogen-bond acceptors (Lipinski definition) is 2. The van der Waals surface area contributed by atoms with Gasteiger partial charge in [-0.25, -0.2) is 0 Å². The Balaban J connectivity index is 2.09. The van der Waals surface area contributed by atoms with E-state index in [4.69, 9.17) is 11.6 Å². The second kappa shape index (κ2) is 6.21. The number of carbonyl (C=O) groups excluding carboxylic acids is 1. The van der Waals surface area contributed by atoms with Gasteiger partial charge in [-0.2, -0.15) is 0 Å². The third kappa shape index (κ3) is 3.97. The van der Waals surface area contributed by atoms with E-state index >= 15 is 0 Å². The van der Waals surface area contributed by atoms with Gasteiger partial charge in [-0.1, -0.05) is 48.0 Å². The lowest BCUT2D eigenvalue weighted by Crippen LogP contribution is -2.01. The number of hydrogen-bond donors (Lipinski definition) is 1. The number of rotatable bonds is 4. The van der Waals surface area contributed by atoms with Crippen LogP contribution in [0.25, 0.3) is 0 Å². The minimum absolute atomic E-state index is 0.0207. The Bertz CT molecular complexity index is 605. The Kier molecular flexibility index (Phi) is 4.37. The molecule has 2 aromatic carbocycles. The van der Waals surface area contributed by atoms with Crippen LogP contribution in [0, 0.1) is 0 Å². The van der Waals surface area contributed by atoms with Gasteiger partial charge in [0, 0.05) is 28.0 Å². The number of anilines is 1. The molecule has 0 amide bonds. The first-order valence-corrected chi connectivity index (χ1v) is 6.33. The molecule has 2 nitrogen and oxygen atoms in total. The molecule has 3 heteroatoms. The molecule has 0 fully saturated rings. The van der Waals surface area contributed by atoms with E-state index in [1.807, 2.05) is 43.3 Å². The lowest BCUT2D eigenvalue weighted by molar-refractivity contribution is 0.104. The molecule has 0 aliphatic rings. The van der Waals surface area contributed by atoms with Gasteiger partial charge < -0.3 is 5.32 Å². The lowest BCUT2D eigenvalue weighted by Gasteiger charge is -2.06. The maximum atomic E-state index is 12.0. The molecule has 2 aromatic rings. The first-order valence-electron chi connectivity index (χ1n) is 5.95. The van der Waals surface area contributed by atoms with Crippen molar-refractivity contribution in [1.82, 2.24) is 0 Å². The zero-order chi connectivity index (χ0) is 13.7. The van der Waals surface area contributed by atoms with Crippen molar-refractivity contribution in [1.29, 1.82) is 0 Å². The maximum Gasteiger partial charge on any atom is 0.187 e. The summed E-state index contributed by atoms with van der Waals surface area (Å²) in [4.78, 5) is 12.0. The maximum absolute atomic E-state index is 12.0. The van der Waals surface area contributed by atoms with E-state index in [0.29, 0.717) is 10.6 Å². The van der Waals surface area contributed by atoms with Gasteiger partial charge in [-0.05, 0) is 25.1 Å². The normalized spacial score (nSPS) is 11.2. The number of ketones is 1. The highest BCUT2D eigenvalue weighted by molar-refractivity contribution is 6.30. The predicted molar refractivity (Wildman–Crippen MR) is 79.6 cm³/mol. The van der Waals surface area contributed by atoms with Crippen molar-refractivity contribution < 1.29 is 4.79 Å². The topological polar surface area (TPSA) is 29.1 Å². The molecule has 0 heterocycles. The Morgan fingerprint density at radius 1 is 1.11 bits per heavy atom. The SMILES string of the molecule is C/C(=C/C(=O)c1ccccc1)Nc1cccc(Cl)c1. The van der Waals surface area contributed by atoms with E-state index in [2.05, 4.69) is 5.32 Å². The smallest absolute Gasteiger partial charge is 0.187 e. The lowest BCUT2D eigenvalue weighted by atomic mass is 10.1. The third-order valence-electron chi connectivity index (χ3n) is 2.57. The molecule has 19 heavy (non-hydrogen) atoms. The first kappa shape index (κ1) is 13.4. The Labute approximate surface area is 117 Å². The molecule has 0 spiro atoms.